The molecule has 1 aromatic heterocycles. The Bertz CT molecular complexity index is 777. The molecule has 1 aliphatic carbocycles. The Hall–Kier alpha value is -2.01. The summed E-state index contributed by atoms with van der Waals surface area (Å²) < 4.78 is 13.2. The first-order valence-corrected chi connectivity index (χ1v) is 8.29. The Morgan fingerprint density at radius 1 is 1.14 bits per heavy atom. The number of rotatable bonds is 1. The minimum atomic E-state index is -0.264. The van der Waals surface area contributed by atoms with E-state index >= 15 is 0 Å². The SMILES string of the molecule is O=C1CN=C(c2ccc(F)cc2)c2c(sc3c2CCCC3)N1. The highest BCUT2D eigenvalue weighted by Crippen LogP contribution is 2.40. The molecule has 22 heavy (non-hydrogen) atoms. The van der Waals surface area contributed by atoms with Crippen LogP contribution in [-0.4, -0.2) is 18.2 Å². The van der Waals surface area contributed by atoms with Crippen molar-refractivity contribution >= 4 is 28.0 Å². The number of hydrogen-bond donors (Lipinski definition) is 1. The van der Waals surface area contributed by atoms with E-state index in [1.165, 1.54) is 35.4 Å². The van der Waals surface area contributed by atoms with Gasteiger partial charge in [0.15, 0.2) is 0 Å². The molecule has 2 heterocycles. The van der Waals surface area contributed by atoms with Crippen LogP contribution in [-0.2, 0) is 17.6 Å². The number of amides is 1. The third-order valence-electron chi connectivity index (χ3n) is 4.16. The van der Waals surface area contributed by atoms with Crippen LogP contribution in [0.1, 0.15) is 34.4 Å². The predicted molar refractivity (Wildman–Crippen MR) is 86.5 cm³/mol. The summed E-state index contributed by atoms with van der Waals surface area (Å²) in [4.78, 5) is 17.8. The quantitative estimate of drug-likeness (QED) is 0.859. The fourth-order valence-electron chi connectivity index (χ4n) is 3.14. The fourth-order valence-corrected chi connectivity index (χ4v) is 4.45. The normalized spacial score (nSPS) is 17.1. The lowest BCUT2D eigenvalue weighted by molar-refractivity contribution is -0.114. The highest BCUT2D eigenvalue weighted by atomic mass is 32.1. The molecule has 1 amide bonds. The molecule has 0 fully saturated rings. The molecule has 2 aliphatic rings. The number of thiophene rings is 1. The molecule has 0 spiro atoms. The van der Waals surface area contributed by atoms with Crippen molar-refractivity contribution in [1.82, 2.24) is 0 Å². The van der Waals surface area contributed by atoms with Crippen molar-refractivity contribution in [1.29, 1.82) is 0 Å². The number of fused-ring (bicyclic) bond motifs is 3. The number of hydrogen-bond acceptors (Lipinski definition) is 3. The van der Waals surface area contributed by atoms with E-state index in [1.807, 2.05) is 0 Å². The minimum Gasteiger partial charge on any atom is -0.316 e. The van der Waals surface area contributed by atoms with E-state index in [0.717, 1.165) is 34.7 Å². The lowest BCUT2D eigenvalue weighted by Gasteiger charge is -2.14. The molecule has 0 saturated heterocycles. The van der Waals surface area contributed by atoms with Crippen LogP contribution in [0.25, 0.3) is 0 Å². The monoisotopic (exact) mass is 314 g/mol. The van der Waals surface area contributed by atoms with E-state index < -0.39 is 0 Å². The second kappa shape index (κ2) is 5.32. The van der Waals surface area contributed by atoms with Crippen molar-refractivity contribution in [2.45, 2.75) is 25.7 Å². The summed E-state index contributed by atoms with van der Waals surface area (Å²) in [6.45, 7) is 0.114. The van der Waals surface area contributed by atoms with Crippen LogP contribution in [0.2, 0.25) is 0 Å². The van der Waals surface area contributed by atoms with Gasteiger partial charge in [0.05, 0.1) is 5.71 Å². The Kier molecular flexibility index (Phi) is 3.30. The van der Waals surface area contributed by atoms with E-state index in [-0.39, 0.29) is 18.3 Å². The van der Waals surface area contributed by atoms with Gasteiger partial charge in [-0.1, -0.05) is 0 Å². The molecule has 2 aromatic rings. The second-order valence-corrected chi connectivity index (χ2v) is 6.74. The number of aliphatic imine (C=N–C) groups is 1. The number of carbonyl (C=O) groups excluding carboxylic acids is 1. The van der Waals surface area contributed by atoms with E-state index in [1.54, 1.807) is 23.5 Å². The molecule has 3 nitrogen and oxygen atoms in total. The van der Waals surface area contributed by atoms with E-state index in [0.29, 0.717) is 0 Å². The third-order valence-corrected chi connectivity index (χ3v) is 5.37. The number of aryl methyl sites for hydroxylation is 1. The van der Waals surface area contributed by atoms with Gasteiger partial charge in [0.1, 0.15) is 17.4 Å². The average molecular weight is 314 g/mol. The van der Waals surface area contributed by atoms with Gasteiger partial charge in [-0.3, -0.25) is 9.79 Å². The molecule has 0 saturated carbocycles. The van der Waals surface area contributed by atoms with Crippen LogP contribution >= 0.6 is 11.3 Å². The maximum Gasteiger partial charge on any atom is 0.246 e. The number of anilines is 1. The largest absolute Gasteiger partial charge is 0.316 e. The van der Waals surface area contributed by atoms with Gasteiger partial charge >= 0.3 is 0 Å². The number of nitrogens with one attached hydrogen (secondary N) is 1. The lowest BCUT2D eigenvalue weighted by Crippen LogP contribution is -2.12. The highest BCUT2D eigenvalue weighted by Gasteiger charge is 2.27. The fraction of sp³-hybridized carbons (Fsp3) is 0.294. The van der Waals surface area contributed by atoms with Crippen LogP contribution in [0.5, 0.6) is 0 Å². The zero-order valence-electron chi connectivity index (χ0n) is 12.0. The molecule has 0 radical (unpaired) electrons. The summed E-state index contributed by atoms with van der Waals surface area (Å²) in [6, 6.07) is 6.36. The third kappa shape index (κ3) is 2.25. The Morgan fingerprint density at radius 3 is 2.73 bits per heavy atom. The van der Waals surface area contributed by atoms with Crippen molar-refractivity contribution < 1.29 is 9.18 Å². The van der Waals surface area contributed by atoms with Gasteiger partial charge in [0.25, 0.3) is 0 Å². The van der Waals surface area contributed by atoms with Crippen LogP contribution in [0.3, 0.4) is 0 Å². The smallest absolute Gasteiger partial charge is 0.246 e. The molecule has 1 aromatic carbocycles. The van der Waals surface area contributed by atoms with Gasteiger partial charge in [-0.05, 0) is 55.5 Å². The standard InChI is InChI=1S/C17H15FN2OS/c18-11-7-5-10(6-8-11)16-15-12-3-1-2-4-13(12)22-17(15)20-14(21)9-19-16/h5-8H,1-4,9H2,(H,20,21). The Balaban J connectivity index is 1.90. The summed E-state index contributed by atoms with van der Waals surface area (Å²) in [6.07, 6.45) is 4.46. The van der Waals surface area contributed by atoms with Crippen molar-refractivity contribution in [2.24, 2.45) is 4.99 Å². The van der Waals surface area contributed by atoms with Crippen LogP contribution in [0, 0.1) is 5.82 Å². The Labute approximate surface area is 131 Å². The highest BCUT2D eigenvalue weighted by molar-refractivity contribution is 7.17. The minimum absolute atomic E-state index is 0.0861. The lowest BCUT2D eigenvalue weighted by atomic mass is 9.91. The number of carbonyl (C=O) groups is 1. The molecule has 1 aliphatic heterocycles. The van der Waals surface area contributed by atoms with E-state index in [4.69, 9.17) is 0 Å². The van der Waals surface area contributed by atoms with Gasteiger partial charge in [0, 0.05) is 16.0 Å². The Morgan fingerprint density at radius 2 is 1.91 bits per heavy atom. The first-order chi connectivity index (χ1) is 10.7. The second-order valence-electron chi connectivity index (χ2n) is 5.63. The number of nitrogens with zero attached hydrogens (tertiary/aromatic N) is 1. The molecule has 0 atom stereocenters. The summed E-state index contributed by atoms with van der Waals surface area (Å²) in [5.41, 5.74) is 4.05. The summed E-state index contributed by atoms with van der Waals surface area (Å²) >= 11 is 1.67. The molecule has 0 bridgehead atoms. The zero-order valence-corrected chi connectivity index (χ0v) is 12.8. The summed E-state index contributed by atoms with van der Waals surface area (Å²) in [7, 11) is 0. The summed E-state index contributed by atoms with van der Waals surface area (Å²) in [5, 5.41) is 3.88. The van der Waals surface area contributed by atoms with Crippen molar-refractivity contribution in [3.8, 4) is 0 Å². The molecule has 112 valence electrons. The van der Waals surface area contributed by atoms with Gasteiger partial charge in [-0.25, -0.2) is 4.39 Å². The van der Waals surface area contributed by atoms with Gasteiger partial charge in [-0.15, -0.1) is 11.3 Å². The predicted octanol–water partition coefficient (Wildman–Crippen LogP) is 3.56. The molecular formula is C17H15FN2OS. The molecule has 4 rings (SSSR count). The first kappa shape index (κ1) is 13.6. The van der Waals surface area contributed by atoms with E-state index in [9.17, 15) is 9.18 Å². The van der Waals surface area contributed by atoms with Crippen LogP contribution in [0.15, 0.2) is 29.3 Å². The average Bonchev–Trinajstić information content (AvgIpc) is 2.79. The number of benzene rings is 1. The maximum atomic E-state index is 13.2. The topological polar surface area (TPSA) is 41.5 Å². The first-order valence-electron chi connectivity index (χ1n) is 7.47. The van der Waals surface area contributed by atoms with Crippen molar-refractivity contribution in [2.75, 3.05) is 11.9 Å². The van der Waals surface area contributed by atoms with Gasteiger partial charge in [0.2, 0.25) is 5.91 Å². The van der Waals surface area contributed by atoms with Crippen molar-refractivity contribution in [3.63, 3.8) is 0 Å². The molecule has 5 heteroatoms. The van der Waals surface area contributed by atoms with Crippen molar-refractivity contribution in [3.05, 3.63) is 51.7 Å². The van der Waals surface area contributed by atoms with Gasteiger partial charge < -0.3 is 5.32 Å². The molecule has 0 unspecified atom stereocenters. The summed E-state index contributed by atoms with van der Waals surface area (Å²) in [5.74, 6) is -0.350. The van der Waals surface area contributed by atoms with Gasteiger partial charge in [-0.2, -0.15) is 0 Å². The molecule has 1 N–H and O–H groups in total. The van der Waals surface area contributed by atoms with Crippen LogP contribution in [0.4, 0.5) is 9.39 Å². The molecular weight excluding hydrogens is 299 g/mol. The maximum absolute atomic E-state index is 13.2. The van der Waals surface area contributed by atoms with Crippen LogP contribution < -0.4 is 5.32 Å². The van der Waals surface area contributed by atoms with E-state index in [2.05, 4.69) is 10.3 Å². The zero-order chi connectivity index (χ0) is 15.1. The number of halogens is 1.